The van der Waals surface area contributed by atoms with Crippen LogP contribution in [0.4, 0.5) is 10.2 Å². The number of hydrogen-bond donors (Lipinski definition) is 0. The number of anilines is 1. The standard InChI is InChI=1S/C26H28FN5O2/c1-30-23-15-28-22-13-21(27)19(16-6-7-24(29-14-16)31-8-4-3-5-9-31)12-20(22)25(23)32(26(30)33)17-10-18(11-17)34-2/h6-7,12-15,17-18H,3-5,8-11H2,1-2H3. The van der Waals surface area contributed by atoms with Crippen LogP contribution in [-0.4, -0.2) is 45.4 Å². The van der Waals surface area contributed by atoms with E-state index in [0.717, 1.165) is 48.2 Å². The summed E-state index contributed by atoms with van der Waals surface area (Å²) in [6, 6.07) is 7.25. The summed E-state index contributed by atoms with van der Waals surface area (Å²) in [5.41, 5.74) is 3.18. The second kappa shape index (κ2) is 8.20. The zero-order valence-electron chi connectivity index (χ0n) is 19.5. The monoisotopic (exact) mass is 461 g/mol. The predicted molar refractivity (Wildman–Crippen MR) is 131 cm³/mol. The largest absolute Gasteiger partial charge is 0.381 e. The highest BCUT2D eigenvalue weighted by Gasteiger charge is 2.34. The Morgan fingerprint density at radius 3 is 2.56 bits per heavy atom. The van der Waals surface area contributed by atoms with Crippen molar-refractivity contribution in [2.45, 2.75) is 44.2 Å². The maximum absolute atomic E-state index is 15.2. The number of hydrogen-bond acceptors (Lipinski definition) is 5. The molecule has 8 heteroatoms. The first-order chi connectivity index (χ1) is 16.5. The van der Waals surface area contributed by atoms with Gasteiger partial charge >= 0.3 is 5.69 Å². The molecule has 3 aromatic heterocycles. The minimum absolute atomic E-state index is 0.0609. The average Bonchev–Trinajstić information content (AvgIpc) is 3.09. The fraction of sp³-hybridized carbons (Fsp3) is 0.423. The summed E-state index contributed by atoms with van der Waals surface area (Å²) >= 11 is 0. The van der Waals surface area contributed by atoms with Gasteiger partial charge in [0, 0.05) is 62.1 Å². The van der Waals surface area contributed by atoms with Gasteiger partial charge in [-0.15, -0.1) is 0 Å². The molecular formula is C26H28FN5O2. The number of fused-ring (bicyclic) bond motifs is 3. The molecule has 0 bridgehead atoms. The average molecular weight is 462 g/mol. The van der Waals surface area contributed by atoms with Crippen LogP contribution in [0.25, 0.3) is 33.1 Å². The van der Waals surface area contributed by atoms with Crippen LogP contribution in [0.5, 0.6) is 0 Å². The summed E-state index contributed by atoms with van der Waals surface area (Å²) in [7, 11) is 3.46. The maximum atomic E-state index is 15.2. The van der Waals surface area contributed by atoms with E-state index in [0.29, 0.717) is 16.6 Å². The van der Waals surface area contributed by atoms with Crippen LogP contribution < -0.4 is 10.6 Å². The Balaban J connectivity index is 1.47. The Bertz CT molecular complexity index is 1430. The van der Waals surface area contributed by atoms with E-state index < -0.39 is 0 Å². The molecule has 4 aromatic rings. The highest BCUT2D eigenvalue weighted by Crippen LogP contribution is 2.38. The Labute approximate surface area is 196 Å². The van der Waals surface area contributed by atoms with E-state index in [1.807, 2.05) is 22.8 Å². The van der Waals surface area contributed by atoms with Crippen molar-refractivity contribution in [2.75, 3.05) is 25.1 Å². The summed E-state index contributed by atoms with van der Waals surface area (Å²) in [5, 5.41) is 0.771. The Hall–Kier alpha value is -3.26. The number of ether oxygens (including phenoxy) is 1. The molecule has 6 rings (SSSR count). The second-order valence-corrected chi connectivity index (χ2v) is 9.49. The fourth-order valence-electron chi connectivity index (χ4n) is 5.40. The molecule has 34 heavy (non-hydrogen) atoms. The normalized spacial score (nSPS) is 20.7. The molecule has 7 nitrogen and oxygen atoms in total. The van der Waals surface area contributed by atoms with Gasteiger partial charge in [-0.2, -0.15) is 0 Å². The molecule has 1 saturated carbocycles. The third-order valence-corrected chi connectivity index (χ3v) is 7.51. The van der Waals surface area contributed by atoms with E-state index in [4.69, 9.17) is 4.74 Å². The van der Waals surface area contributed by atoms with Gasteiger partial charge in [-0.3, -0.25) is 14.1 Å². The van der Waals surface area contributed by atoms with Crippen molar-refractivity contribution in [3.8, 4) is 11.1 Å². The van der Waals surface area contributed by atoms with Gasteiger partial charge in [0.05, 0.1) is 28.9 Å². The molecule has 0 N–H and O–H groups in total. The molecule has 0 amide bonds. The number of nitrogens with zero attached hydrogens (tertiary/aromatic N) is 5. The van der Waals surface area contributed by atoms with E-state index in [9.17, 15) is 4.79 Å². The first-order valence-corrected chi connectivity index (χ1v) is 12.0. The molecule has 1 aliphatic heterocycles. The molecule has 1 saturated heterocycles. The zero-order valence-corrected chi connectivity index (χ0v) is 19.5. The van der Waals surface area contributed by atoms with Gasteiger partial charge < -0.3 is 9.64 Å². The highest BCUT2D eigenvalue weighted by atomic mass is 19.1. The molecule has 2 fully saturated rings. The van der Waals surface area contributed by atoms with Crippen LogP contribution in [0.1, 0.15) is 38.1 Å². The molecule has 0 spiro atoms. The van der Waals surface area contributed by atoms with Crippen LogP contribution in [0.15, 0.2) is 41.5 Å². The SMILES string of the molecule is COC1CC(n2c(=O)n(C)c3cnc4cc(F)c(-c5ccc(N6CCCCC6)nc5)cc4c32)C1. The van der Waals surface area contributed by atoms with Crippen molar-refractivity contribution >= 4 is 27.8 Å². The summed E-state index contributed by atoms with van der Waals surface area (Å²) < 4.78 is 24.1. The molecule has 4 heterocycles. The minimum atomic E-state index is -0.347. The molecule has 0 atom stereocenters. The van der Waals surface area contributed by atoms with Gasteiger partial charge in [0.2, 0.25) is 0 Å². The topological polar surface area (TPSA) is 65.2 Å². The van der Waals surface area contributed by atoms with Crippen molar-refractivity contribution in [2.24, 2.45) is 7.05 Å². The van der Waals surface area contributed by atoms with Crippen molar-refractivity contribution in [3.63, 3.8) is 0 Å². The van der Waals surface area contributed by atoms with Crippen molar-refractivity contribution in [3.05, 3.63) is 53.0 Å². The van der Waals surface area contributed by atoms with Gasteiger partial charge in [-0.05, 0) is 50.3 Å². The quantitative estimate of drug-likeness (QED) is 0.450. The predicted octanol–water partition coefficient (Wildman–Crippen LogP) is 4.43. The van der Waals surface area contributed by atoms with E-state index >= 15 is 4.39 Å². The fourth-order valence-corrected chi connectivity index (χ4v) is 5.40. The van der Waals surface area contributed by atoms with Gasteiger partial charge in [-0.25, -0.2) is 14.2 Å². The number of aromatic nitrogens is 4. The van der Waals surface area contributed by atoms with Crippen molar-refractivity contribution in [1.82, 2.24) is 19.1 Å². The summed E-state index contributed by atoms with van der Waals surface area (Å²) in [4.78, 5) is 24.5. The highest BCUT2D eigenvalue weighted by molar-refractivity contribution is 6.04. The number of imidazole rings is 1. The van der Waals surface area contributed by atoms with Gasteiger partial charge in [0.15, 0.2) is 0 Å². The molecule has 1 aliphatic carbocycles. The summed E-state index contributed by atoms with van der Waals surface area (Å²) in [6.07, 6.45) is 8.76. The smallest absolute Gasteiger partial charge is 0.329 e. The Morgan fingerprint density at radius 1 is 1.06 bits per heavy atom. The maximum Gasteiger partial charge on any atom is 0.329 e. The van der Waals surface area contributed by atoms with E-state index in [1.165, 1.54) is 25.3 Å². The van der Waals surface area contributed by atoms with Crippen molar-refractivity contribution < 1.29 is 9.13 Å². The molecule has 2 aliphatic rings. The third-order valence-electron chi connectivity index (χ3n) is 7.51. The van der Waals surface area contributed by atoms with Crippen molar-refractivity contribution in [1.29, 1.82) is 0 Å². The van der Waals surface area contributed by atoms with Gasteiger partial charge in [0.25, 0.3) is 0 Å². The molecule has 176 valence electrons. The number of aryl methyl sites for hydroxylation is 1. The first kappa shape index (κ1) is 21.3. The number of benzene rings is 1. The second-order valence-electron chi connectivity index (χ2n) is 9.49. The van der Waals surface area contributed by atoms with E-state index in [-0.39, 0.29) is 23.7 Å². The molecule has 1 aromatic carbocycles. The zero-order chi connectivity index (χ0) is 23.4. The lowest BCUT2D eigenvalue weighted by atomic mass is 9.89. The number of rotatable bonds is 4. The lowest BCUT2D eigenvalue weighted by Gasteiger charge is -2.34. The third kappa shape index (κ3) is 3.31. The number of pyridine rings is 2. The molecule has 0 unspecified atom stereocenters. The van der Waals surface area contributed by atoms with Crippen LogP contribution in [-0.2, 0) is 11.8 Å². The first-order valence-electron chi connectivity index (χ1n) is 12.0. The van der Waals surface area contributed by atoms with Crippen LogP contribution in [0.2, 0.25) is 0 Å². The minimum Gasteiger partial charge on any atom is -0.381 e. The summed E-state index contributed by atoms with van der Waals surface area (Å²) in [6.45, 7) is 2.02. The molecule has 0 radical (unpaired) electrons. The molecular weight excluding hydrogens is 433 g/mol. The van der Waals surface area contributed by atoms with Crippen LogP contribution >= 0.6 is 0 Å². The van der Waals surface area contributed by atoms with Gasteiger partial charge in [0.1, 0.15) is 11.6 Å². The lowest BCUT2D eigenvalue weighted by Crippen LogP contribution is -2.37. The lowest BCUT2D eigenvalue weighted by molar-refractivity contribution is 0.00635. The number of methoxy groups -OCH3 is 1. The van der Waals surface area contributed by atoms with Crippen LogP contribution in [0, 0.1) is 5.82 Å². The number of halogens is 1. The van der Waals surface area contributed by atoms with E-state index in [2.05, 4.69) is 14.9 Å². The Kier molecular flexibility index (Phi) is 5.13. The number of piperidine rings is 1. The van der Waals surface area contributed by atoms with Gasteiger partial charge in [-0.1, -0.05) is 0 Å². The van der Waals surface area contributed by atoms with Crippen LogP contribution in [0.3, 0.4) is 0 Å². The summed E-state index contributed by atoms with van der Waals surface area (Å²) in [5.74, 6) is 0.586. The Morgan fingerprint density at radius 2 is 1.85 bits per heavy atom. The van der Waals surface area contributed by atoms with E-state index in [1.54, 1.807) is 31.1 Å².